The smallest absolute Gasteiger partial charge is 0.270 e. The first-order valence-electron chi connectivity index (χ1n) is 8.85. The van der Waals surface area contributed by atoms with Gasteiger partial charge in [-0.2, -0.15) is 0 Å². The van der Waals surface area contributed by atoms with Gasteiger partial charge < -0.3 is 4.90 Å². The normalized spacial score (nSPS) is 16.4. The second-order valence-electron chi connectivity index (χ2n) is 6.52. The second kappa shape index (κ2) is 9.21. The van der Waals surface area contributed by atoms with E-state index in [0.717, 1.165) is 6.42 Å². The summed E-state index contributed by atoms with van der Waals surface area (Å²) in [7, 11) is 0. The van der Waals surface area contributed by atoms with Crippen LogP contribution in [0.1, 0.15) is 33.6 Å². The number of nitrogens with one attached hydrogen (secondary N) is 2. The van der Waals surface area contributed by atoms with E-state index in [4.69, 9.17) is 11.6 Å². The van der Waals surface area contributed by atoms with Crippen LogP contribution in [0.3, 0.4) is 0 Å². The molecule has 1 atom stereocenters. The molecule has 1 heterocycles. The molecule has 1 unspecified atom stereocenters. The minimum atomic E-state index is -0.411. The summed E-state index contributed by atoms with van der Waals surface area (Å²) >= 11 is 9.17. The number of benzene rings is 2. The Morgan fingerprint density at radius 1 is 1.04 bits per heavy atom. The highest BCUT2D eigenvalue weighted by Crippen LogP contribution is 2.20. The molecule has 2 aromatic carbocycles. The molecule has 0 saturated carbocycles. The Bertz CT molecular complexity index is 889. The molecule has 1 aliphatic rings. The molecule has 1 fully saturated rings. The number of carbonyl (C=O) groups is 3. The molecule has 0 aliphatic carbocycles. The van der Waals surface area contributed by atoms with E-state index in [9.17, 15) is 14.4 Å². The Balaban J connectivity index is 1.57. The quantitative estimate of drug-likeness (QED) is 0.683. The number of amides is 3. The number of likely N-dealkylation sites (tertiary alicyclic amines) is 1. The van der Waals surface area contributed by atoms with Crippen LogP contribution in [0.4, 0.5) is 0 Å². The number of carbonyl (C=O) groups excluding carboxylic acids is 3. The first-order chi connectivity index (χ1) is 13.5. The van der Waals surface area contributed by atoms with Gasteiger partial charge in [-0.3, -0.25) is 25.2 Å². The predicted molar refractivity (Wildman–Crippen MR) is 110 cm³/mol. The summed E-state index contributed by atoms with van der Waals surface area (Å²) in [6, 6.07) is 13.6. The number of hydrogen-bond donors (Lipinski definition) is 2. The highest BCUT2D eigenvalue weighted by atomic mass is 79.9. The van der Waals surface area contributed by atoms with Crippen molar-refractivity contribution in [2.75, 3.05) is 13.1 Å². The van der Waals surface area contributed by atoms with Crippen LogP contribution >= 0.6 is 27.5 Å². The van der Waals surface area contributed by atoms with Gasteiger partial charge in [0, 0.05) is 28.1 Å². The molecule has 2 N–H and O–H groups in total. The van der Waals surface area contributed by atoms with Crippen molar-refractivity contribution in [3.63, 3.8) is 0 Å². The van der Waals surface area contributed by atoms with E-state index in [1.165, 1.54) is 0 Å². The van der Waals surface area contributed by atoms with Crippen molar-refractivity contribution < 1.29 is 14.4 Å². The summed E-state index contributed by atoms with van der Waals surface area (Å²) in [5, 5.41) is 0.563. The van der Waals surface area contributed by atoms with Crippen molar-refractivity contribution in [1.82, 2.24) is 15.8 Å². The van der Waals surface area contributed by atoms with Crippen molar-refractivity contribution >= 4 is 45.3 Å². The van der Waals surface area contributed by atoms with Gasteiger partial charge in [0.15, 0.2) is 0 Å². The van der Waals surface area contributed by atoms with Crippen molar-refractivity contribution in [2.24, 2.45) is 5.92 Å². The Morgan fingerprint density at radius 3 is 2.46 bits per heavy atom. The molecule has 2 aromatic rings. The first kappa shape index (κ1) is 20.4. The summed E-state index contributed by atoms with van der Waals surface area (Å²) in [5.41, 5.74) is 5.86. The fraction of sp³-hybridized carbons (Fsp3) is 0.250. The van der Waals surface area contributed by atoms with Crippen LogP contribution in [0, 0.1) is 5.92 Å². The minimum absolute atomic E-state index is 0.133. The average molecular weight is 465 g/mol. The van der Waals surface area contributed by atoms with Crippen LogP contribution in [0.2, 0.25) is 5.02 Å². The molecule has 6 nitrogen and oxygen atoms in total. The summed E-state index contributed by atoms with van der Waals surface area (Å²) in [4.78, 5) is 39.0. The van der Waals surface area contributed by atoms with E-state index in [1.807, 2.05) is 0 Å². The molecular weight excluding hydrogens is 446 g/mol. The van der Waals surface area contributed by atoms with E-state index >= 15 is 0 Å². The van der Waals surface area contributed by atoms with Crippen molar-refractivity contribution in [3.05, 3.63) is 69.2 Å². The number of rotatable bonds is 3. The van der Waals surface area contributed by atoms with Crippen LogP contribution in [-0.4, -0.2) is 35.7 Å². The minimum Gasteiger partial charge on any atom is -0.338 e. The third-order valence-corrected chi connectivity index (χ3v) is 5.53. The molecule has 0 radical (unpaired) electrons. The average Bonchev–Trinajstić information content (AvgIpc) is 2.72. The van der Waals surface area contributed by atoms with Crippen molar-refractivity contribution in [1.29, 1.82) is 0 Å². The number of halogens is 2. The molecule has 3 rings (SSSR count). The molecule has 146 valence electrons. The Hall–Kier alpha value is -2.38. The maximum atomic E-state index is 12.6. The van der Waals surface area contributed by atoms with Gasteiger partial charge in [-0.05, 0) is 65.2 Å². The molecule has 28 heavy (non-hydrogen) atoms. The van der Waals surface area contributed by atoms with Crippen LogP contribution in [0.15, 0.2) is 53.0 Å². The Morgan fingerprint density at radius 2 is 1.75 bits per heavy atom. The third-order valence-electron chi connectivity index (χ3n) is 4.59. The largest absolute Gasteiger partial charge is 0.338 e. The van der Waals surface area contributed by atoms with Crippen LogP contribution < -0.4 is 10.9 Å². The first-order valence-corrected chi connectivity index (χ1v) is 10.0. The zero-order chi connectivity index (χ0) is 20.1. The van der Waals surface area contributed by atoms with Gasteiger partial charge in [0.25, 0.3) is 11.8 Å². The zero-order valence-electron chi connectivity index (χ0n) is 15.0. The lowest BCUT2D eigenvalue weighted by Gasteiger charge is -2.32. The molecular formula is C20H19BrClN3O3. The summed E-state index contributed by atoms with van der Waals surface area (Å²) < 4.78 is 0.638. The predicted octanol–water partition coefficient (Wildman–Crippen LogP) is 3.42. The maximum absolute atomic E-state index is 12.6. The monoisotopic (exact) mass is 463 g/mol. The van der Waals surface area contributed by atoms with Gasteiger partial charge in [-0.25, -0.2) is 0 Å². The third kappa shape index (κ3) is 4.91. The van der Waals surface area contributed by atoms with E-state index < -0.39 is 5.91 Å². The Labute approximate surface area is 176 Å². The summed E-state index contributed by atoms with van der Waals surface area (Å²) in [6.07, 6.45) is 1.37. The van der Waals surface area contributed by atoms with Crippen LogP contribution in [0.25, 0.3) is 0 Å². The van der Waals surface area contributed by atoms with Crippen molar-refractivity contribution in [3.8, 4) is 0 Å². The van der Waals surface area contributed by atoms with Gasteiger partial charge in [0.1, 0.15) is 0 Å². The number of hydrazine groups is 1. The lowest BCUT2D eigenvalue weighted by Crippen LogP contribution is -2.50. The van der Waals surface area contributed by atoms with Crippen LogP contribution in [0.5, 0.6) is 0 Å². The zero-order valence-corrected chi connectivity index (χ0v) is 17.3. The maximum Gasteiger partial charge on any atom is 0.270 e. The number of hydrogen-bond acceptors (Lipinski definition) is 3. The second-order valence-corrected chi connectivity index (χ2v) is 7.81. The van der Waals surface area contributed by atoms with E-state index in [2.05, 4.69) is 26.8 Å². The summed E-state index contributed by atoms with van der Waals surface area (Å²) in [6.45, 7) is 0.896. The van der Waals surface area contributed by atoms with Gasteiger partial charge in [0.05, 0.1) is 11.5 Å². The molecule has 1 saturated heterocycles. The fourth-order valence-corrected chi connectivity index (χ4v) is 3.67. The van der Waals surface area contributed by atoms with Gasteiger partial charge in [-0.15, -0.1) is 0 Å². The molecule has 8 heteroatoms. The molecule has 1 aliphatic heterocycles. The molecule has 0 bridgehead atoms. The highest BCUT2D eigenvalue weighted by molar-refractivity contribution is 9.10. The van der Waals surface area contributed by atoms with Gasteiger partial charge in [0.2, 0.25) is 5.91 Å². The van der Waals surface area contributed by atoms with Crippen molar-refractivity contribution in [2.45, 2.75) is 12.8 Å². The number of piperidine rings is 1. The van der Waals surface area contributed by atoms with E-state index in [1.54, 1.807) is 53.4 Å². The molecule has 0 aromatic heterocycles. The molecule has 3 amide bonds. The molecule has 0 spiro atoms. The van der Waals surface area contributed by atoms with E-state index in [-0.39, 0.29) is 17.7 Å². The van der Waals surface area contributed by atoms with E-state index in [0.29, 0.717) is 40.1 Å². The fourth-order valence-electron chi connectivity index (χ4n) is 3.08. The van der Waals surface area contributed by atoms with Gasteiger partial charge >= 0.3 is 0 Å². The summed E-state index contributed by atoms with van der Waals surface area (Å²) in [5.74, 6) is -1.24. The highest BCUT2D eigenvalue weighted by Gasteiger charge is 2.29. The van der Waals surface area contributed by atoms with Gasteiger partial charge in [-0.1, -0.05) is 23.7 Å². The lowest BCUT2D eigenvalue weighted by molar-refractivity contribution is -0.127. The topological polar surface area (TPSA) is 78.5 Å². The lowest BCUT2D eigenvalue weighted by atomic mass is 9.96. The standard InChI is InChI=1S/C20H19BrClN3O3/c21-17-6-2-1-5-16(17)19(27)24-23-18(26)14-4-3-11-25(12-14)20(28)13-7-9-15(22)10-8-13/h1-2,5-10,14H,3-4,11-12H2,(H,23,26)(H,24,27). The Kier molecular flexibility index (Phi) is 6.70. The SMILES string of the molecule is O=C(NNC(=O)C1CCCN(C(=O)c2ccc(Cl)cc2)C1)c1ccccc1Br. The van der Waals surface area contributed by atoms with Crippen LogP contribution in [-0.2, 0) is 4.79 Å². The number of nitrogens with zero attached hydrogens (tertiary/aromatic N) is 1.